The van der Waals surface area contributed by atoms with Crippen LogP contribution in [0, 0.1) is 17.2 Å². The van der Waals surface area contributed by atoms with Gasteiger partial charge in [-0.1, -0.05) is 32.9 Å². The number of ether oxygens (including phenoxy) is 1. The van der Waals surface area contributed by atoms with Gasteiger partial charge in [0.2, 0.25) is 5.91 Å². The fourth-order valence-corrected chi connectivity index (χ4v) is 3.65. The lowest BCUT2D eigenvalue weighted by molar-refractivity contribution is -0.128. The Morgan fingerprint density at radius 1 is 1.36 bits per heavy atom. The molecule has 3 nitrogen and oxygen atoms in total. The molecule has 2 heterocycles. The van der Waals surface area contributed by atoms with Gasteiger partial charge in [-0.05, 0) is 42.4 Å². The van der Waals surface area contributed by atoms with Crippen molar-refractivity contribution in [3.8, 4) is 0 Å². The maximum Gasteiger partial charge on any atom is 0.226 e. The highest BCUT2D eigenvalue weighted by molar-refractivity contribution is 5.80. The molecule has 0 radical (unpaired) electrons. The average molecular weight is 305 g/mol. The topological polar surface area (TPSA) is 38.3 Å². The Bertz CT molecular complexity index is 566. The van der Waals surface area contributed by atoms with Crippen LogP contribution < -0.4 is 5.32 Å². The van der Waals surface area contributed by atoms with Crippen molar-refractivity contribution in [2.45, 2.75) is 58.3 Å². The molecule has 120 valence electrons. The van der Waals surface area contributed by atoms with Gasteiger partial charge in [-0.15, -0.1) is 0 Å². The zero-order valence-electron chi connectivity index (χ0n) is 13.4. The Kier molecular flexibility index (Phi) is 3.98. The van der Waals surface area contributed by atoms with Crippen molar-refractivity contribution < 1.29 is 13.9 Å². The minimum Gasteiger partial charge on any atom is -0.374 e. The standard InChI is InChI=1S/C18H24FNO2/c1-18(2,3)16(11-5-4-6-12(19)9-11)20-17(21)14-10-13-7-8-15(14)22-13/h4-6,9,13-16H,7-8,10H2,1-3H3,(H,20,21)/t13-,14+,15-,16-/m1/s1. The third-order valence-electron chi connectivity index (χ3n) is 4.78. The summed E-state index contributed by atoms with van der Waals surface area (Å²) in [5, 5.41) is 3.14. The van der Waals surface area contributed by atoms with Gasteiger partial charge in [0.25, 0.3) is 0 Å². The van der Waals surface area contributed by atoms with Crippen LogP contribution in [0.5, 0.6) is 0 Å². The first-order valence-corrected chi connectivity index (χ1v) is 8.06. The van der Waals surface area contributed by atoms with Crippen molar-refractivity contribution in [2.24, 2.45) is 11.3 Å². The number of amides is 1. The smallest absolute Gasteiger partial charge is 0.226 e. The Labute approximate surface area is 131 Å². The lowest BCUT2D eigenvalue weighted by Gasteiger charge is -2.33. The molecule has 0 unspecified atom stereocenters. The summed E-state index contributed by atoms with van der Waals surface area (Å²) in [5.74, 6) is -0.294. The SMILES string of the molecule is CC(C)(C)[C@H](NC(=O)[C@H]1C[C@H]2CC[C@H]1O2)c1cccc(F)c1. The minimum absolute atomic E-state index is 0.0383. The molecule has 1 N–H and O–H groups in total. The van der Waals surface area contributed by atoms with E-state index in [1.165, 1.54) is 12.1 Å². The molecule has 4 atom stereocenters. The lowest BCUT2D eigenvalue weighted by Crippen LogP contribution is -2.42. The van der Waals surface area contributed by atoms with Crippen molar-refractivity contribution in [1.82, 2.24) is 5.32 Å². The maximum absolute atomic E-state index is 13.5. The highest BCUT2D eigenvalue weighted by Crippen LogP contribution is 2.40. The van der Waals surface area contributed by atoms with Crippen molar-refractivity contribution in [1.29, 1.82) is 0 Å². The van der Waals surface area contributed by atoms with Gasteiger partial charge in [0.05, 0.1) is 24.2 Å². The van der Waals surface area contributed by atoms with Gasteiger partial charge in [-0.2, -0.15) is 0 Å². The zero-order chi connectivity index (χ0) is 15.9. The van der Waals surface area contributed by atoms with Crippen LogP contribution in [0.15, 0.2) is 24.3 Å². The predicted octanol–water partition coefficient (Wildman–Crippen LogP) is 3.60. The van der Waals surface area contributed by atoms with E-state index in [4.69, 9.17) is 4.74 Å². The molecule has 1 aromatic rings. The molecule has 2 fully saturated rings. The summed E-state index contributed by atoms with van der Waals surface area (Å²) < 4.78 is 19.3. The van der Waals surface area contributed by atoms with Gasteiger partial charge in [0, 0.05) is 0 Å². The second-order valence-corrected chi connectivity index (χ2v) is 7.58. The number of halogens is 1. The molecular formula is C18H24FNO2. The molecule has 1 aromatic carbocycles. The number of carbonyl (C=O) groups is 1. The van der Waals surface area contributed by atoms with E-state index in [2.05, 4.69) is 26.1 Å². The molecule has 2 aliphatic heterocycles. The van der Waals surface area contributed by atoms with Crippen LogP contribution in [-0.2, 0) is 9.53 Å². The first kappa shape index (κ1) is 15.5. The predicted molar refractivity (Wildman–Crippen MR) is 82.7 cm³/mol. The van der Waals surface area contributed by atoms with Gasteiger partial charge in [0.1, 0.15) is 5.82 Å². The van der Waals surface area contributed by atoms with Crippen LogP contribution >= 0.6 is 0 Å². The van der Waals surface area contributed by atoms with E-state index in [9.17, 15) is 9.18 Å². The van der Waals surface area contributed by atoms with E-state index in [0.29, 0.717) is 0 Å². The first-order valence-electron chi connectivity index (χ1n) is 8.06. The summed E-state index contributed by atoms with van der Waals surface area (Å²) in [5.41, 5.74) is 0.618. The van der Waals surface area contributed by atoms with Crippen LogP contribution in [0.1, 0.15) is 51.6 Å². The van der Waals surface area contributed by atoms with Crippen molar-refractivity contribution in [3.63, 3.8) is 0 Å². The monoisotopic (exact) mass is 305 g/mol. The van der Waals surface area contributed by atoms with Gasteiger partial charge in [-0.3, -0.25) is 4.79 Å². The number of hydrogen-bond acceptors (Lipinski definition) is 2. The van der Waals surface area contributed by atoms with E-state index >= 15 is 0 Å². The molecule has 0 aromatic heterocycles. The summed E-state index contributed by atoms with van der Waals surface area (Å²) in [6.45, 7) is 6.17. The van der Waals surface area contributed by atoms with E-state index in [-0.39, 0.29) is 41.3 Å². The molecule has 0 spiro atoms. The Morgan fingerprint density at radius 2 is 2.14 bits per heavy atom. The Balaban J connectivity index is 1.77. The van der Waals surface area contributed by atoms with Crippen LogP contribution in [0.3, 0.4) is 0 Å². The van der Waals surface area contributed by atoms with Crippen LogP contribution in [-0.4, -0.2) is 18.1 Å². The molecule has 0 aliphatic carbocycles. The highest BCUT2D eigenvalue weighted by atomic mass is 19.1. The second-order valence-electron chi connectivity index (χ2n) is 7.58. The molecule has 22 heavy (non-hydrogen) atoms. The zero-order valence-corrected chi connectivity index (χ0v) is 13.4. The molecular weight excluding hydrogens is 281 g/mol. The average Bonchev–Trinajstić information content (AvgIpc) is 3.05. The van der Waals surface area contributed by atoms with Gasteiger partial charge in [0.15, 0.2) is 0 Å². The number of benzene rings is 1. The number of fused-ring (bicyclic) bond motifs is 2. The molecule has 2 bridgehead atoms. The van der Waals surface area contributed by atoms with E-state index in [1.807, 2.05) is 6.07 Å². The number of carbonyl (C=O) groups excluding carboxylic acids is 1. The van der Waals surface area contributed by atoms with E-state index < -0.39 is 0 Å². The highest BCUT2D eigenvalue weighted by Gasteiger charge is 2.45. The summed E-state index contributed by atoms with van der Waals surface area (Å²) in [6.07, 6.45) is 3.18. The van der Waals surface area contributed by atoms with Gasteiger partial charge >= 0.3 is 0 Å². The van der Waals surface area contributed by atoms with Crippen LogP contribution in [0.25, 0.3) is 0 Å². The first-order chi connectivity index (χ1) is 10.3. The van der Waals surface area contributed by atoms with Crippen molar-refractivity contribution >= 4 is 5.91 Å². The molecule has 3 rings (SSSR count). The third-order valence-corrected chi connectivity index (χ3v) is 4.78. The Hall–Kier alpha value is -1.42. The van der Waals surface area contributed by atoms with Crippen molar-refractivity contribution in [2.75, 3.05) is 0 Å². The van der Waals surface area contributed by atoms with E-state index in [1.54, 1.807) is 6.07 Å². The summed E-state index contributed by atoms with van der Waals surface area (Å²) in [6, 6.07) is 6.28. The summed E-state index contributed by atoms with van der Waals surface area (Å²) in [7, 11) is 0. The number of rotatable bonds is 3. The minimum atomic E-state index is -0.274. The normalized spacial score (nSPS) is 28.6. The van der Waals surface area contributed by atoms with E-state index in [0.717, 1.165) is 24.8 Å². The molecule has 4 heteroatoms. The third kappa shape index (κ3) is 3.02. The maximum atomic E-state index is 13.5. The number of nitrogens with one attached hydrogen (secondary N) is 1. The summed E-state index contributed by atoms with van der Waals surface area (Å²) >= 11 is 0. The molecule has 2 saturated heterocycles. The molecule has 0 saturated carbocycles. The van der Waals surface area contributed by atoms with Crippen LogP contribution in [0.2, 0.25) is 0 Å². The number of hydrogen-bond donors (Lipinski definition) is 1. The van der Waals surface area contributed by atoms with Gasteiger partial charge in [-0.25, -0.2) is 4.39 Å². The fourth-order valence-electron chi connectivity index (χ4n) is 3.65. The van der Waals surface area contributed by atoms with Gasteiger partial charge < -0.3 is 10.1 Å². The molecule has 2 aliphatic rings. The fraction of sp³-hybridized carbons (Fsp3) is 0.611. The van der Waals surface area contributed by atoms with Crippen molar-refractivity contribution in [3.05, 3.63) is 35.6 Å². The van der Waals surface area contributed by atoms with Crippen LogP contribution in [0.4, 0.5) is 4.39 Å². The molecule has 1 amide bonds. The summed E-state index contributed by atoms with van der Waals surface area (Å²) in [4.78, 5) is 12.7. The Morgan fingerprint density at radius 3 is 2.68 bits per heavy atom. The lowest BCUT2D eigenvalue weighted by atomic mass is 9.81. The largest absolute Gasteiger partial charge is 0.374 e. The second kappa shape index (κ2) is 5.65. The quantitative estimate of drug-likeness (QED) is 0.926.